The Morgan fingerprint density at radius 1 is 0.585 bits per heavy atom. The lowest BCUT2D eigenvalue weighted by molar-refractivity contribution is -0.122. The zero-order valence-electron chi connectivity index (χ0n) is 23.8. The molecule has 1 fully saturated rings. The van der Waals surface area contributed by atoms with Gasteiger partial charge in [-0.3, -0.25) is 9.97 Å². The summed E-state index contributed by atoms with van der Waals surface area (Å²) in [5.74, 6) is 1.42. The molecular weight excluding hydrogens is 524 g/mol. The van der Waals surface area contributed by atoms with Crippen LogP contribution in [0, 0.1) is 0 Å². The largest absolute Gasteiger partial charge is 0.488 e. The van der Waals surface area contributed by atoms with Crippen LogP contribution in [-0.4, -0.2) is 87.2 Å². The number of pyridine rings is 2. The minimum absolute atomic E-state index is 0.297. The molecule has 0 unspecified atom stereocenters. The predicted octanol–water partition coefficient (Wildman–Crippen LogP) is 4.85. The number of ether oxygens (including phenoxy) is 7. The topological polar surface area (TPSA) is 90.4 Å². The van der Waals surface area contributed by atoms with Crippen molar-refractivity contribution >= 4 is 21.8 Å². The van der Waals surface area contributed by atoms with Crippen LogP contribution in [-0.2, 0) is 23.7 Å². The highest BCUT2D eigenvalue weighted by atomic mass is 16.6. The monoisotopic (exact) mass is 562 g/mol. The van der Waals surface area contributed by atoms with Crippen LogP contribution in [0.5, 0.6) is 11.5 Å². The van der Waals surface area contributed by atoms with Gasteiger partial charge in [0.05, 0.1) is 52.9 Å². The van der Waals surface area contributed by atoms with Gasteiger partial charge < -0.3 is 33.2 Å². The third-order valence-corrected chi connectivity index (χ3v) is 6.80. The lowest BCUT2D eigenvalue weighted by atomic mass is 10.1. The summed E-state index contributed by atoms with van der Waals surface area (Å²) in [4.78, 5) is 8.95. The molecule has 2 atom stereocenters. The van der Waals surface area contributed by atoms with E-state index in [1.807, 2.05) is 74.5 Å². The van der Waals surface area contributed by atoms with Crippen LogP contribution in [0.25, 0.3) is 21.8 Å². The van der Waals surface area contributed by atoms with E-state index in [0.29, 0.717) is 77.6 Å². The van der Waals surface area contributed by atoms with Crippen molar-refractivity contribution < 1.29 is 33.2 Å². The molecule has 9 nitrogen and oxygen atoms in total. The van der Waals surface area contributed by atoms with Crippen LogP contribution in [0.1, 0.15) is 13.8 Å². The number of fused-ring (bicyclic) bond motifs is 2. The van der Waals surface area contributed by atoms with Gasteiger partial charge in [-0.25, -0.2) is 0 Å². The zero-order chi connectivity index (χ0) is 28.4. The Hall–Kier alpha value is -3.34. The van der Waals surface area contributed by atoms with Crippen LogP contribution < -0.4 is 9.47 Å². The first-order chi connectivity index (χ1) is 20.0. The lowest BCUT2D eigenvalue weighted by Crippen LogP contribution is -2.42. The first kappa shape index (κ1) is 29.2. The molecule has 0 spiro atoms. The van der Waals surface area contributed by atoms with Gasteiger partial charge in [0.25, 0.3) is 0 Å². The molecule has 218 valence electrons. The van der Waals surface area contributed by atoms with Gasteiger partial charge in [-0.1, -0.05) is 36.4 Å². The van der Waals surface area contributed by atoms with Gasteiger partial charge in [-0.2, -0.15) is 0 Å². The second-order valence-corrected chi connectivity index (χ2v) is 10.6. The van der Waals surface area contributed by atoms with Gasteiger partial charge in [-0.05, 0) is 38.1 Å². The Balaban J connectivity index is 1.16. The molecule has 9 heteroatoms. The Labute approximate surface area is 240 Å². The van der Waals surface area contributed by atoms with Crippen molar-refractivity contribution in [2.45, 2.75) is 25.0 Å². The molecule has 0 aliphatic carbocycles. The van der Waals surface area contributed by atoms with Gasteiger partial charge in [0, 0.05) is 23.2 Å². The molecule has 0 N–H and O–H groups in total. The molecule has 41 heavy (non-hydrogen) atoms. The van der Waals surface area contributed by atoms with Crippen LogP contribution >= 0.6 is 0 Å². The van der Waals surface area contributed by atoms with E-state index >= 15 is 0 Å². The van der Waals surface area contributed by atoms with E-state index in [1.54, 1.807) is 12.4 Å². The van der Waals surface area contributed by atoms with E-state index in [9.17, 15) is 0 Å². The standard InChI is InChI=1S/C32H38N2O7/c1-31(23-38-27-11-3-7-25-9-5-13-33-29(25)27)21-36-15-16-37-22-32(2,41-20-18-35-17-19-40-31)24-39-28-12-4-8-26-10-6-14-34-30(26)28/h3-14H,15-24H2,1-2H3/t31-,32-/m1/s1. The summed E-state index contributed by atoms with van der Waals surface area (Å²) in [5.41, 5.74) is 0.256. The molecule has 0 amide bonds. The van der Waals surface area contributed by atoms with Crippen molar-refractivity contribution in [2.24, 2.45) is 0 Å². The number of aromatic nitrogens is 2. The van der Waals surface area contributed by atoms with Crippen LogP contribution in [0.2, 0.25) is 0 Å². The maximum Gasteiger partial charge on any atom is 0.145 e. The molecule has 0 saturated carbocycles. The zero-order valence-corrected chi connectivity index (χ0v) is 23.8. The molecular formula is C32H38N2O7. The molecule has 5 rings (SSSR count). The summed E-state index contributed by atoms with van der Waals surface area (Å²) < 4.78 is 42.5. The van der Waals surface area contributed by atoms with Gasteiger partial charge in [0.2, 0.25) is 0 Å². The Morgan fingerprint density at radius 3 is 1.51 bits per heavy atom. The molecule has 0 bridgehead atoms. The van der Waals surface area contributed by atoms with E-state index < -0.39 is 11.2 Å². The van der Waals surface area contributed by atoms with Gasteiger partial charge >= 0.3 is 0 Å². The van der Waals surface area contributed by atoms with Gasteiger partial charge in [0.15, 0.2) is 0 Å². The number of nitrogens with zero attached hydrogens (tertiary/aromatic N) is 2. The van der Waals surface area contributed by atoms with Crippen molar-refractivity contribution in [3.63, 3.8) is 0 Å². The van der Waals surface area contributed by atoms with Gasteiger partial charge in [0.1, 0.15) is 46.9 Å². The molecule has 1 aliphatic rings. The maximum absolute atomic E-state index is 6.20. The highest BCUT2D eigenvalue weighted by Gasteiger charge is 2.29. The highest BCUT2D eigenvalue weighted by Crippen LogP contribution is 2.26. The maximum atomic E-state index is 6.20. The van der Waals surface area contributed by atoms with E-state index in [4.69, 9.17) is 33.2 Å². The highest BCUT2D eigenvalue weighted by molar-refractivity contribution is 5.84. The number of rotatable bonds is 6. The molecule has 0 radical (unpaired) electrons. The van der Waals surface area contributed by atoms with E-state index in [1.165, 1.54) is 0 Å². The van der Waals surface area contributed by atoms with E-state index in [0.717, 1.165) is 21.8 Å². The fourth-order valence-corrected chi connectivity index (χ4v) is 4.59. The molecule has 1 aliphatic heterocycles. The van der Waals surface area contributed by atoms with E-state index in [-0.39, 0.29) is 0 Å². The third-order valence-electron chi connectivity index (χ3n) is 6.80. The third kappa shape index (κ3) is 8.12. The van der Waals surface area contributed by atoms with Crippen molar-refractivity contribution in [3.05, 3.63) is 73.1 Å². The lowest BCUT2D eigenvalue weighted by Gasteiger charge is -2.30. The summed E-state index contributed by atoms with van der Waals surface area (Å²) in [7, 11) is 0. The average molecular weight is 563 g/mol. The predicted molar refractivity (Wildman–Crippen MR) is 156 cm³/mol. The van der Waals surface area contributed by atoms with Crippen molar-refractivity contribution in [3.8, 4) is 11.5 Å². The average Bonchev–Trinajstić information content (AvgIpc) is 3.00. The Morgan fingerprint density at radius 2 is 1.02 bits per heavy atom. The number of hydrogen-bond acceptors (Lipinski definition) is 9. The smallest absolute Gasteiger partial charge is 0.145 e. The SMILES string of the molecule is C[C@]1(COc2cccc3cccnc23)COCCOC[C@](C)(COc2cccc3cccnc23)OCCOCCO1. The molecule has 2 aromatic heterocycles. The number of hydrogen-bond donors (Lipinski definition) is 0. The fourth-order valence-electron chi connectivity index (χ4n) is 4.59. The van der Waals surface area contributed by atoms with Gasteiger partial charge in [-0.15, -0.1) is 0 Å². The summed E-state index contributed by atoms with van der Waals surface area (Å²) in [6.45, 7) is 7.62. The first-order valence-corrected chi connectivity index (χ1v) is 14.0. The van der Waals surface area contributed by atoms with Crippen molar-refractivity contribution in [2.75, 3.05) is 66.1 Å². The number of benzene rings is 2. The van der Waals surface area contributed by atoms with Crippen molar-refractivity contribution in [1.29, 1.82) is 0 Å². The minimum atomic E-state index is -0.689. The number of para-hydroxylation sites is 2. The second kappa shape index (κ2) is 14.0. The Bertz CT molecular complexity index is 1290. The first-order valence-electron chi connectivity index (χ1n) is 14.0. The quantitative estimate of drug-likeness (QED) is 0.327. The molecule has 4 aromatic rings. The summed E-state index contributed by atoms with van der Waals surface area (Å²) in [5, 5.41) is 2.04. The van der Waals surface area contributed by atoms with Crippen LogP contribution in [0.3, 0.4) is 0 Å². The minimum Gasteiger partial charge on any atom is -0.488 e. The summed E-state index contributed by atoms with van der Waals surface area (Å²) in [6, 6.07) is 19.6. The Kier molecular flexibility index (Phi) is 9.97. The molecule has 1 saturated heterocycles. The van der Waals surface area contributed by atoms with Crippen LogP contribution in [0.15, 0.2) is 73.1 Å². The summed E-state index contributed by atoms with van der Waals surface area (Å²) >= 11 is 0. The molecule has 2 aromatic carbocycles. The molecule has 3 heterocycles. The fraction of sp³-hybridized carbons (Fsp3) is 0.438. The normalized spacial score (nSPS) is 23.5. The van der Waals surface area contributed by atoms with E-state index in [2.05, 4.69) is 9.97 Å². The second-order valence-electron chi connectivity index (χ2n) is 10.6. The summed E-state index contributed by atoms with van der Waals surface area (Å²) in [6.07, 6.45) is 3.53. The van der Waals surface area contributed by atoms with Crippen molar-refractivity contribution in [1.82, 2.24) is 9.97 Å². The van der Waals surface area contributed by atoms with Crippen LogP contribution in [0.4, 0.5) is 0 Å².